The van der Waals surface area contributed by atoms with Gasteiger partial charge in [-0.05, 0) is 62.1 Å². The van der Waals surface area contributed by atoms with E-state index in [9.17, 15) is 13.2 Å². The van der Waals surface area contributed by atoms with Gasteiger partial charge >= 0.3 is 0 Å². The van der Waals surface area contributed by atoms with Gasteiger partial charge in [-0.1, -0.05) is 18.2 Å². The first-order chi connectivity index (χ1) is 14.3. The lowest BCUT2D eigenvalue weighted by Crippen LogP contribution is -2.41. The summed E-state index contributed by atoms with van der Waals surface area (Å²) in [5.41, 5.74) is 2.67. The third kappa shape index (κ3) is 4.84. The monoisotopic (exact) mass is 428 g/mol. The molecule has 2 fully saturated rings. The van der Waals surface area contributed by atoms with Crippen LogP contribution in [0.2, 0.25) is 0 Å². The normalized spacial score (nSPS) is 17.7. The van der Waals surface area contributed by atoms with E-state index in [-0.39, 0.29) is 22.9 Å². The standard InChI is InChI=1S/C23H28N2O4S/c1-16-6-7-17(2)22(14-16)29-20-10-12-25(13-11-20)23(26)18-4-3-5-21(15-18)30(27,28)24-19-8-9-19/h3-7,14-15,19-20,24H,8-13H2,1-2H3. The molecule has 30 heavy (non-hydrogen) atoms. The van der Waals surface area contributed by atoms with Gasteiger partial charge in [-0.15, -0.1) is 0 Å². The maximum Gasteiger partial charge on any atom is 0.253 e. The smallest absolute Gasteiger partial charge is 0.253 e. The quantitative estimate of drug-likeness (QED) is 0.765. The van der Waals surface area contributed by atoms with Gasteiger partial charge in [0.2, 0.25) is 10.0 Å². The van der Waals surface area contributed by atoms with Gasteiger partial charge in [-0.25, -0.2) is 13.1 Å². The van der Waals surface area contributed by atoms with Crippen LogP contribution in [-0.4, -0.2) is 44.5 Å². The number of nitrogens with zero attached hydrogens (tertiary/aromatic N) is 1. The average Bonchev–Trinajstić information content (AvgIpc) is 3.54. The molecule has 1 saturated carbocycles. The van der Waals surface area contributed by atoms with E-state index >= 15 is 0 Å². The highest BCUT2D eigenvalue weighted by molar-refractivity contribution is 7.89. The number of aryl methyl sites for hydroxylation is 2. The zero-order chi connectivity index (χ0) is 21.3. The highest BCUT2D eigenvalue weighted by Crippen LogP contribution is 2.25. The van der Waals surface area contributed by atoms with Crippen molar-refractivity contribution >= 4 is 15.9 Å². The predicted molar refractivity (Wildman–Crippen MR) is 115 cm³/mol. The van der Waals surface area contributed by atoms with Gasteiger partial charge < -0.3 is 9.64 Å². The van der Waals surface area contributed by atoms with E-state index < -0.39 is 10.0 Å². The molecule has 0 atom stereocenters. The van der Waals surface area contributed by atoms with E-state index in [1.807, 2.05) is 13.8 Å². The first-order valence-electron chi connectivity index (χ1n) is 10.5. The topological polar surface area (TPSA) is 75.7 Å². The number of hydrogen-bond donors (Lipinski definition) is 1. The van der Waals surface area contributed by atoms with Crippen LogP contribution in [0.25, 0.3) is 0 Å². The highest BCUT2D eigenvalue weighted by atomic mass is 32.2. The Hall–Kier alpha value is -2.38. The van der Waals surface area contributed by atoms with Crippen molar-refractivity contribution in [3.8, 4) is 5.75 Å². The Kier molecular flexibility index (Phi) is 5.84. The Morgan fingerprint density at radius 2 is 1.77 bits per heavy atom. The van der Waals surface area contributed by atoms with Crippen molar-refractivity contribution in [3.63, 3.8) is 0 Å². The van der Waals surface area contributed by atoms with Crippen LogP contribution in [-0.2, 0) is 10.0 Å². The Bertz CT molecular complexity index is 1040. The van der Waals surface area contributed by atoms with Crippen LogP contribution in [0.15, 0.2) is 47.4 Å². The maximum absolute atomic E-state index is 12.9. The number of likely N-dealkylation sites (tertiary alicyclic amines) is 1. The molecule has 2 aliphatic rings. The molecule has 2 aromatic rings. The molecule has 0 radical (unpaired) electrons. The molecule has 2 aromatic carbocycles. The zero-order valence-corrected chi connectivity index (χ0v) is 18.2. The van der Waals surface area contributed by atoms with Crippen molar-refractivity contribution in [1.82, 2.24) is 9.62 Å². The fraction of sp³-hybridized carbons (Fsp3) is 0.435. The van der Waals surface area contributed by atoms with Gasteiger partial charge in [0.25, 0.3) is 5.91 Å². The van der Waals surface area contributed by atoms with E-state index in [0.29, 0.717) is 18.7 Å². The molecular formula is C23H28N2O4S. The number of benzene rings is 2. The highest BCUT2D eigenvalue weighted by Gasteiger charge is 2.29. The molecule has 0 aromatic heterocycles. The summed E-state index contributed by atoms with van der Waals surface area (Å²) in [6.45, 7) is 5.26. The fourth-order valence-electron chi connectivity index (χ4n) is 3.66. The van der Waals surface area contributed by atoms with Gasteiger partial charge in [0.05, 0.1) is 4.90 Å². The minimum absolute atomic E-state index is 0.0328. The second kappa shape index (κ2) is 8.40. The molecule has 1 N–H and O–H groups in total. The second-order valence-electron chi connectivity index (χ2n) is 8.30. The van der Waals surface area contributed by atoms with Crippen molar-refractivity contribution in [2.45, 2.75) is 56.6 Å². The van der Waals surface area contributed by atoms with Gasteiger partial charge in [-0.2, -0.15) is 0 Å². The molecule has 160 valence electrons. The number of ether oxygens (including phenoxy) is 1. The van der Waals surface area contributed by atoms with Crippen LogP contribution >= 0.6 is 0 Å². The number of carbonyl (C=O) groups excluding carboxylic acids is 1. The van der Waals surface area contributed by atoms with Gasteiger partial charge in [-0.3, -0.25) is 4.79 Å². The Morgan fingerprint density at radius 3 is 2.47 bits per heavy atom. The fourth-order valence-corrected chi connectivity index (χ4v) is 5.01. The van der Waals surface area contributed by atoms with Crippen LogP contribution in [0.4, 0.5) is 0 Å². The predicted octanol–water partition coefficient (Wildman–Crippen LogP) is 3.43. The van der Waals surface area contributed by atoms with Crippen molar-refractivity contribution in [2.24, 2.45) is 0 Å². The lowest BCUT2D eigenvalue weighted by atomic mass is 10.1. The summed E-state index contributed by atoms with van der Waals surface area (Å²) < 4.78 is 33.7. The largest absolute Gasteiger partial charge is 0.490 e. The molecular weight excluding hydrogens is 400 g/mol. The maximum atomic E-state index is 12.9. The summed E-state index contributed by atoms with van der Waals surface area (Å²) in [4.78, 5) is 14.9. The van der Waals surface area contributed by atoms with E-state index in [2.05, 4.69) is 22.9 Å². The lowest BCUT2D eigenvalue weighted by Gasteiger charge is -2.32. The second-order valence-corrected chi connectivity index (χ2v) is 10.0. The molecule has 0 unspecified atom stereocenters. The molecule has 1 amide bonds. The third-order valence-electron chi connectivity index (χ3n) is 5.66. The summed E-state index contributed by atoms with van der Waals surface area (Å²) in [5.74, 6) is 0.768. The van der Waals surface area contributed by atoms with E-state index in [1.165, 1.54) is 12.1 Å². The summed E-state index contributed by atoms with van der Waals surface area (Å²) in [6.07, 6.45) is 3.32. The van der Waals surface area contributed by atoms with Crippen molar-refractivity contribution in [3.05, 3.63) is 59.2 Å². The molecule has 0 spiro atoms. The van der Waals surface area contributed by atoms with Gasteiger partial charge in [0, 0.05) is 37.5 Å². The number of piperidine rings is 1. The SMILES string of the molecule is Cc1ccc(C)c(OC2CCN(C(=O)c3cccc(S(=O)(=O)NC4CC4)c3)CC2)c1. The number of nitrogens with one attached hydrogen (secondary N) is 1. The van der Waals surface area contributed by atoms with Crippen LogP contribution in [0.5, 0.6) is 5.75 Å². The van der Waals surface area contributed by atoms with Crippen LogP contribution in [0.3, 0.4) is 0 Å². The molecule has 1 saturated heterocycles. The van der Waals surface area contributed by atoms with Crippen LogP contribution in [0, 0.1) is 13.8 Å². The summed E-state index contributed by atoms with van der Waals surface area (Å²) >= 11 is 0. The lowest BCUT2D eigenvalue weighted by molar-refractivity contribution is 0.0594. The van der Waals surface area contributed by atoms with Gasteiger partial charge in [0.1, 0.15) is 11.9 Å². The minimum atomic E-state index is -3.58. The number of carbonyl (C=O) groups is 1. The molecule has 7 heteroatoms. The summed E-state index contributed by atoms with van der Waals surface area (Å²) in [5, 5.41) is 0. The number of sulfonamides is 1. The van der Waals surface area contributed by atoms with E-state index in [0.717, 1.165) is 42.6 Å². The van der Waals surface area contributed by atoms with Crippen molar-refractivity contribution in [2.75, 3.05) is 13.1 Å². The van der Waals surface area contributed by atoms with Crippen LogP contribution in [0.1, 0.15) is 47.2 Å². The third-order valence-corrected chi connectivity index (χ3v) is 7.18. The Balaban J connectivity index is 1.38. The number of rotatable bonds is 6. The first-order valence-corrected chi connectivity index (χ1v) is 12.0. The molecule has 1 aliphatic heterocycles. The summed E-state index contributed by atoms with van der Waals surface area (Å²) in [7, 11) is -3.58. The average molecular weight is 429 g/mol. The van der Waals surface area contributed by atoms with E-state index in [4.69, 9.17) is 4.74 Å². The first kappa shape index (κ1) is 20.9. The summed E-state index contributed by atoms with van der Waals surface area (Å²) in [6, 6.07) is 12.5. The molecule has 1 aliphatic carbocycles. The van der Waals surface area contributed by atoms with Crippen molar-refractivity contribution in [1.29, 1.82) is 0 Å². The molecule has 1 heterocycles. The van der Waals surface area contributed by atoms with Crippen molar-refractivity contribution < 1.29 is 17.9 Å². The molecule has 6 nitrogen and oxygen atoms in total. The van der Waals surface area contributed by atoms with E-state index in [1.54, 1.807) is 17.0 Å². The number of amides is 1. The minimum Gasteiger partial charge on any atom is -0.490 e. The number of hydrogen-bond acceptors (Lipinski definition) is 4. The molecule has 4 rings (SSSR count). The van der Waals surface area contributed by atoms with Gasteiger partial charge in [0.15, 0.2) is 0 Å². The molecule has 0 bridgehead atoms. The zero-order valence-electron chi connectivity index (χ0n) is 17.4. The Labute approximate surface area is 178 Å². The Morgan fingerprint density at radius 1 is 1.03 bits per heavy atom. The van der Waals surface area contributed by atoms with Crippen LogP contribution < -0.4 is 9.46 Å².